The van der Waals surface area contributed by atoms with Crippen LogP contribution in [0.25, 0.3) is 10.9 Å². The molecule has 0 aliphatic carbocycles. The van der Waals surface area contributed by atoms with Gasteiger partial charge in [-0.15, -0.1) is 0 Å². The highest BCUT2D eigenvalue weighted by molar-refractivity contribution is 7.89. The van der Waals surface area contributed by atoms with Gasteiger partial charge in [0, 0.05) is 35.8 Å². The highest BCUT2D eigenvalue weighted by Crippen LogP contribution is 2.26. The van der Waals surface area contributed by atoms with E-state index in [2.05, 4.69) is 25.9 Å². The first-order valence-electron chi connectivity index (χ1n) is 8.78. The fraction of sp³-hybridized carbons (Fsp3) is 0.211. The van der Waals surface area contributed by atoms with Gasteiger partial charge < -0.3 is 15.7 Å². The minimum atomic E-state index is -3.59. The average Bonchev–Trinajstić information content (AvgIpc) is 3.07. The first-order valence-corrected chi connectivity index (χ1v) is 10.3. The number of carbonyl (C=O) groups excluding carboxylic acids is 1. The fourth-order valence-corrected chi connectivity index (χ4v) is 4.05. The van der Waals surface area contributed by atoms with Gasteiger partial charge in [-0.25, -0.2) is 13.1 Å². The number of aromatic amines is 1. The minimum Gasteiger partial charge on any atom is -0.359 e. The number of nitrogens with one attached hydrogen (secondary N) is 5. The molecule has 1 aromatic heterocycles. The number of rotatable bonds is 7. The van der Waals surface area contributed by atoms with Crippen LogP contribution in [0.5, 0.6) is 0 Å². The van der Waals surface area contributed by atoms with E-state index in [4.69, 9.17) is 0 Å². The third-order valence-corrected chi connectivity index (χ3v) is 5.70. The first-order chi connectivity index (χ1) is 13.3. The lowest BCUT2D eigenvalue weighted by Crippen LogP contribution is -2.30. The van der Waals surface area contributed by atoms with Gasteiger partial charge >= 0.3 is 0 Å². The van der Waals surface area contributed by atoms with Crippen molar-refractivity contribution in [1.82, 2.24) is 15.0 Å². The molecule has 8 nitrogen and oxygen atoms in total. The summed E-state index contributed by atoms with van der Waals surface area (Å²) < 4.78 is 27.4. The van der Waals surface area contributed by atoms with Crippen molar-refractivity contribution < 1.29 is 13.2 Å². The van der Waals surface area contributed by atoms with E-state index < -0.39 is 10.0 Å². The van der Waals surface area contributed by atoms with Crippen LogP contribution >= 0.6 is 0 Å². The third-order valence-electron chi connectivity index (χ3n) is 4.05. The zero-order chi connectivity index (χ0) is 20.3. The average molecular weight is 401 g/mol. The summed E-state index contributed by atoms with van der Waals surface area (Å²) in [5.74, 6) is -0.178. The van der Waals surface area contributed by atoms with Crippen LogP contribution in [0.4, 0.5) is 11.4 Å². The van der Waals surface area contributed by atoms with Crippen LogP contribution in [0.2, 0.25) is 0 Å². The molecule has 3 rings (SSSR count). The summed E-state index contributed by atoms with van der Waals surface area (Å²) in [5, 5.41) is 3.30. The molecule has 0 aliphatic rings. The summed E-state index contributed by atoms with van der Waals surface area (Å²) in [6.07, 6.45) is 1.74. The Bertz CT molecular complexity index is 1110. The molecule has 148 valence electrons. The van der Waals surface area contributed by atoms with Gasteiger partial charge in [-0.2, -0.15) is 0 Å². The van der Waals surface area contributed by atoms with Crippen LogP contribution in [0.3, 0.4) is 0 Å². The smallest absolute Gasteiger partial charge is 0.251 e. The van der Waals surface area contributed by atoms with Crippen LogP contribution < -0.4 is 20.9 Å². The number of hydrogen-bond donors (Lipinski definition) is 5. The van der Waals surface area contributed by atoms with E-state index in [1.165, 1.54) is 0 Å². The Hall–Kier alpha value is -3.04. The number of amides is 1. The second-order valence-corrected chi connectivity index (χ2v) is 8.31. The summed E-state index contributed by atoms with van der Waals surface area (Å²) >= 11 is 0. The lowest BCUT2D eigenvalue weighted by Gasteiger charge is -2.11. The van der Waals surface area contributed by atoms with Crippen LogP contribution in [0.15, 0.2) is 53.6 Å². The molecule has 1 amide bonds. The number of H-pyrrole nitrogens is 1. The second-order valence-electron chi connectivity index (χ2n) is 6.60. The number of carbonyl (C=O) groups is 1. The van der Waals surface area contributed by atoms with Crippen molar-refractivity contribution in [1.29, 1.82) is 0 Å². The SMILES string of the molecule is CNC(=O)c1cccc(NNc2c[nH]c3ccc(S(=O)(=O)NC(C)C)cc23)c1. The highest BCUT2D eigenvalue weighted by Gasteiger charge is 2.17. The largest absolute Gasteiger partial charge is 0.359 e. The number of anilines is 2. The molecule has 0 aliphatic heterocycles. The van der Waals surface area contributed by atoms with E-state index in [0.29, 0.717) is 16.9 Å². The maximum Gasteiger partial charge on any atom is 0.251 e. The lowest BCUT2D eigenvalue weighted by atomic mass is 10.2. The number of aromatic nitrogens is 1. The molecular weight excluding hydrogens is 378 g/mol. The Morgan fingerprint density at radius 2 is 1.86 bits per heavy atom. The predicted octanol–water partition coefficient (Wildman–Crippen LogP) is 2.65. The molecule has 1 heterocycles. The second kappa shape index (κ2) is 7.91. The van der Waals surface area contributed by atoms with Crippen molar-refractivity contribution in [3.05, 3.63) is 54.2 Å². The Morgan fingerprint density at radius 1 is 1.07 bits per heavy atom. The Balaban J connectivity index is 1.84. The van der Waals surface area contributed by atoms with Crippen molar-refractivity contribution in [2.45, 2.75) is 24.8 Å². The van der Waals surface area contributed by atoms with Crippen molar-refractivity contribution >= 4 is 38.2 Å². The zero-order valence-corrected chi connectivity index (χ0v) is 16.6. The molecule has 0 unspecified atom stereocenters. The summed E-state index contributed by atoms with van der Waals surface area (Å²) in [4.78, 5) is 15.0. The van der Waals surface area contributed by atoms with E-state index in [0.717, 1.165) is 10.9 Å². The maximum absolute atomic E-state index is 12.4. The summed E-state index contributed by atoms with van der Waals surface area (Å²) in [6, 6.07) is 11.7. The summed E-state index contributed by atoms with van der Waals surface area (Å²) in [5.41, 5.74) is 8.80. The Labute approximate surface area is 163 Å². The molecule has 2 aromatic carbocycles. The predicted molar refractivity (Wildman–Crippen MR) is 111 cm³/mol. The fourth-order valence-electron chi connectivity index (χ4n) is 2.77. The molecule has 0 fully saturated rings. The number of sulfonamides is 1. The van der Waals surface area contributed by atoms with Gasteiger partial charge in [0.2, 0.25) is 10.0 Å². The molecule has 0 spiro atoms. The van der Waals surface area contributed by atoms with Gasteiger partial charge in [0.05, 0.1) is 16.3 Å². The van der Waals surface area contributed by atoms with E-state index in [1.807, 2.05) is 6.07 Å². The Kier molecular flexibility index (Phi) is 5.57. The van der Waals surface area contributed by atoms with E-state index in [-0.39, 0.29) is 16.8 Å². The van der Waals surface area contributed by atoms with Gasteiger partial charge in [-0.3, -0.25) is 10.2 Å². The van der Waals surface area contributed by atoms with Crippen molar-refractivity contribution in [3.8, 4) is 0 Å². The Morgan fingerprint density at radius 3 is 2.57 bits per heavy atom. The molecule has 9 heteroatoms. The van der Waals surface area contributed by atoms with Crippen LogP contribution in [-0.2, 0) is 10.0 Å². The van der Waals surface area contributed by atoms with E-state index in [1.54, 1.807) is 63.5 Å². The standard InChI is InChI=1S/C19H23N5O3S/c1-12(2)24-28(26,27)15-7-8-17-16(10-15)18(11-21-17)23-22-14-6-4-5-13(9-14)19(25)20-3/h4-12,21-24H,1-3H3,(H,20,25). The first kappa shape index (κ1) is 19.7. The van der Waals surface area contributed by atoms with Gasteiger partial charge in [0.1, 0.15) is 0 Å². The zero-order valence-electron chi connectivity index (χ0n) is 15.8. The van der Waals surface area contributed by atoms with Crippen molar-refractivity contribution in [2.75, 3.05) is 17.9 Å². The van der Waals surface area contributed by atoms with Crippen molar-refractivity contribution in [3.63, 3.8) is 0 Å². The van der Waals surface area contributed by atoms with Gasteiger partial charge in [0.15, 0.2) is 0 Å². The lowest BCUT2D eigenvalue weighted by molar-refractivity contribution is 0.0963. The molecule has 0 bridgehead atoms. The van der Waals surface area contributed by atoms with Crippen LogP contribution in [-0.4, -0.2) is 32.4 Å². The monoisotopic (exact) mass is 401 g/mol. The molecule has 28 heavy (non-hydrogen) atoms. The summed E-state index contributed by atoms with van der Waals surface area (Å²) in [7, 11) is -2.01. The molecule has 0 saturated heterocycles. The molecule has 3 aromatic rings. The maximum atomic E-state index is 12.4. The highest BCUT2D eigenvalue weighted by atomic mass is 32.2. The topological polar surface area (TPSA) is 115 Å². The molecule has 0 atom stereocenters. The molecule has 0 radical (unpaired) electrons. The van der Waals surface area contributed by atoms with E-state index in [9.17, 15) is 13.2 Å². The number of hydrazine groups is 1. The molecule has 0 saturated carbocycles. The summed E-state index contributed by atoms with van der Waals surface area (Å²) in [6.45, 7) is 3.55. The molecule has 5 N–H and O–H groups in total. The van der Waals surface area contributed by atoms with E-state index >= 15 is 0 Å². The van der Waals surface area contributed by atoms with Gasteiger partial charge in [-0.05, 0) is 50.2 Å². The van der Waals surface area contributed by atoms with Crippen LogP contribution in [0, 0.1) is 0 Å². The normalized spacial score (nSPS) is 11.6. The van der Waals surface area contributed by atoms with Crippen molar-refractivity contribution in [2.24, 2.45) is 0 Å². The van der Waals surface area contributed by atoms with Gasteiger partial charge in [-0.1, -0.05) is 6.07 Å². The minimum absolute atomic E-state index is 0.178. The number of hydrogen-bond acceptors (Lipinski definition) is 5. The quantitative estimate of drug-likeness (QED) is 0.391. The third kappa shape index (κ3) is 4.26. The molecular formula is C19H23N5O3S. The van der Waals surface area contributed by atoms with Crippen LogP contribution in [0.1, 0.15) is 24.2 Å². The number of fused-ring (bicyclic) bond motifs is 1. The van der Waals surface area contributed by atoms with Gasteiger partial charge in [0.25, 0.3) is 5.91 Å². The number of benzene rings is 2.